The van der Waals surface area contributed by atoms with Gasteiger partial charge in [0.25, 0.3) is 0 Å². The third-order valence-electron chi connectivity index (χ3n) is 3.87. The van der Waals surface area contributed by atoms with E-state index >= 15 is 0 Å². The minimum absolute atomic E-state index is 0.0147. The first kappa shape index (κ1) is 20.2. The van der Waals surface area contributed by atoms with Gasteiger partial charge in [0.15, 0.2) is 4.34 Å². The summed E-state index contributed by atoms with van der Waals surface area (Å²) in [6.45, 7) is 3.82. The summed E-state index contributed by atoms with van der Waals surface area (Å²) >= 11 is 3.05. The summed E-state index contributed by atoms with van der Waals surface area (Å²) in [6.07, 6.45) is -0.915. The lowest BCUT2D eigenvalue weighted by molar-refractivity contribution is 0.175. The van der Waals surface area contributed by atoms with Crippen LogP contribution in [0, 0.1) is 19.7 Å². The average molecular weight is 419 g/mol. The van der Waals surface area contributed by atoms with Crippen LogP contribution in [0.3, 0.4) is 0 Å². The number of carbonyl (C=O) groups is 1. The van der Waals surface area contributed by atoms with E-state index < -0.39 is 12.1 Å². The van der Waals surface area contributed by atoms with E-state index in [4.69, 9.17) is 0 Å². The van der Waals surface area contributed by atoms with Gasteiger partial charge in [-0.3, -0.25) is 0 Å². The Morgan fingerprint density at radius 3 is 2.61 bits per heavy atom. The van der Waals surface area contributed by atoms with Crippen LogP contribution in [-0.4, -0.2) is 27.9 Å². The molecule has 3 N–H and O–H groups in total. The average Bonchev–Trinajstić information content (AvgIpc) is 3.07. The monoisotopic (exact) mass is 418 g/mol. The van der Waals surface area contributed by atoms with Crippen LogP contribution in [0.2, 0.25) is 0 Å². The van der Waals surface area contributed by atoms with Crippen LogP contribution >= 0.6 is 23.1 Å². The smallest absolute Gasteiger partial charge is 0.319 e. The Labute approximate surface area is 170 Å². The zero-order chi connectivity index (χ0) is 20.1. The van der Waals surface area contributed by atoms with Crippen molar-refractivity contribution in [1.29, 1.82) is 0 Å². The number of rotatable bonds is 6. The highest BCUT2D eigenvalue weighted by atomic mass is 32.2. The number of hydrogen-bond acceptors (Lipinski definition) is 6. The number of nitrogens with zero attached hydrogens (tertiary/aromatic N) is 2. The molecular weight excluding hydrogens is 399 g/mol. The molecule has 146 valence electrons. The molecule has 0 spiro atoms. The second-order valence-electron chi connectivity index (χ2n) is 6.07. The molecule has 3 rings (SSSR count). The van der Waals surface area contributed by atoms with Gasteiger partial charge in [-0.1, -0.05) is 35.2 Å². The first-order chi connectivity index (χ1) is 13.4. The lowest BCUT2D eigenvalue weighted by Gasteiger charge is -2.14. The Balaban J connectivity index is 1.54. The van der Waals surface area contributed by atoms with Gasteiger partial charge in [0.1, 0.15) is 10.8 Å². The van der Waals surface area contributed by atoms with Crippen molar-refractivity contribution >= 4 is 34.8 Å². The molecule has 3 aromatic rings. The number of carbonyl (C=O) groups excluding carboxylic acids is 1. The van der Waals surface area contributed by atoms with Crippen molar-refractivity contribution in [2.45, 2.75) is 29.2 Å². The van der Waals surface area contributed by atoms with E-state index in [-0.39, 0.29) is 12.4 Å². The minimum Gasteiger partial charge on any atom is -0.387 e. The van der Waals surface area contributed by atoms with E-state index in [1.807, 2.05) is 32.0 Å². The van der Waals surface area contributed by atoms with Crippen molar-refractivity contribution in [2.75, 3.05) is 11.9 Å². The van der Waals surface area contributed by atoms with Crippen LogP contribution in [0.1, 0.15) is 22.2 Å². The zero-order valence-electron chi connectivity index (χ0n) is 15.3. The molecule has 0 saturated carbocycles. The number of benzene rings is 2. The van der Waals surface area contributed by atoms with E-state index in [9.17, 15) is 14.3 Å². The van der Waals surface area contributed by atoms with E-state index in [1.54, 1.807) is 0 Å². The molecule has 1 atom stereocenters. The van der Waals surface area contributed by atoms with E-state index in [1.165, 1.54) is 47.4 Å². The Morgan fingerprint density at radius 1 is 1.21 bits per heavy atom. The fraction of sp³-hybridized carbons (Fsp3) is 0.211. The third kappa shape index (κ3) is 5.51. The van der Waals surface area contributed by atoms with Crippen LogP contribution in [0.15, 0.2) is 51.7 Å². The molecule has 6 nitrogen and oxygen atoms in total. The summed E-state index contributed by atoms with van der Waals surface area (Å²) < 4.78 is 13.8. The fourth-order valence-electron chi connectivity index (χ4n) is 2.42. The van der Waals surface area contributed by atoms with Crippen molar-refractivity contribution in [3.63, 3.8) is 0 Å². The molecule has 1 aromatic heterocycles. The molecule has 0 aliphatic heterocycles. The molecule has 1 heterocycles. The lowest BCUT2D eigenvalue weighted by atomic mass is 10.1. The van der Waals surface area contributed by atoms with Crippen molar-refractivity contribution in [3.05, 3.63) is 64.4 Å². The van der Waals surface area contributed by atoms with Gasteiger partial charge in [0, 0.05) is 17.1 Å². The molecule has 2 aromatic carbocycles. The third-order valence-corrected chi connectivity index (χ3v) is 5.75. The summed E-state index contributed by atoms with van der Waals surface area (Å²) in [5.74, 6) is -0.375. The van der Waals surface area contributed by atoms with Gasteiger partial charge in [0.2, 0.25) is 0 Å². The second kappa shape index (κ2) is 9.13. The Bertz CT molecular complexity index is 963. The van der Waals surface area contributed by atoms with Gasteiger partial charge in [0.05, 0.1) is 6.10 Å². The number of aryl methyl sites for hydroxylation is 2. The van der Waals surface area contributed by atoms with E-state index in [2.05, 4.69) is 20.8 Å². The van der Waals surface area contributed by atoms with Gasteiger partial charge in [-0.25, -0.2) is 9.18 Å². The number of hydrogen-bond donors (Lipinski definition) is 3. The summed E-state index contributed by atoms with van der Waals surface area (Å²) in [5.41, 5.74) is 2.11. The number of anilines is 1. The maximum atomic E-state index is 12.9. The lowest BCUT2D eigenvalue weighted by Crippen LogP contribution is -2.32. The molecule has 2 amide bonds. The van der Waals surface area contributed by atoms with Crippen molar-refractivity contribution < 1.29 is 14.3 Å². The highest BCUT2D eigenvalue weighted by Crippen LogP contribution is 2.32. The largest absolute Gasteiger partial charge is 0.387 e. The van der Waals surface area contributed by atoms with Gasteiger partial charge in [-0.15, -0.1) is 10.2 Å². The highest BCUT2D eigenvalue weighted by molar-refractivity contribution is 8.01. The molecule has 28 heavy (non-hydrogen) atoms. The van der Waals surface area contributed by atoms with Crippen LogP contribution < -0.4 is 10.6 Å². The molecule has 0 bridgehead atoms. The normalized spacial score (nSPS) is 11.9. The molecule has 0 aliphatic rings. The van der Waals surface area contributed by atoms with Crippen LogP contribution in [-0.2, 0) is 0 Å². The van der Waals surface area contributed by atoms with Crippen LogP contribution in [0.25, 0.3) is 0 Å². The van der Waals surface area contributed by atoms with E-state index in [0.29, 0.717) is 11.3 Å². The minimum atomic E-state index is -0.915. The fourth-order valence-corrected chi connectivity index (χ4v) is 4.31. The maximum absolute atomic E-state index is 12.9. The number of halogens is 1. The molecular formula is C19H19FN4O2S2. The molecule has 0 fully saturated rings. The first-order valence-corrected chi connectivity index (χ1v) is 10.1. The van der Waals surface area contributed by atoms with Gasteiger partial charge < -0.3 is 15.7 Å². The summed E-state index contributed by atoms with van der Waals surface area (Å²) in [7, 11) is 0. The standard InChI is InChI=1S/C19H19FN4O2S2/c1-11-9-15(28-19-24-23-12(2)27-19)7-8-16(11)22-18(26)21-10-17(25)13-3-5-14(20)6-4-13/h3-9,17,25H,10H2,1-2H3,(H2,21,22,26)/t17-/m0/s1. The highest BCUT2D eigenvalue weighted by Gasteiger charge is 2.11. The number of urea groups is 1. The second-order valence-corrected chi connectivity index (χ2v) is 8.57. The van der Waals surface area contributed by atoms with Gasteiger partial charge >= 0.3 is 6.03 Å². The molecule has 9 heteroatoms. The summed E-state index contributed by atoms with van der Waals surface area (Å²) in [6, 6.07) is 10.8. The van der Waals surface area contributed by atoms with Crippen molar-refractivity contribution in [3.8, 4) is 0 Å². The van der Waals surface area contributed by atoms with E-state index in [0.717, 1.165) is 19.8 Å². The predicted molar refractivity (Wildman–Crippen MR) is 108 cm³/mol. The molecule has 0 radical (unpaired) electrons. The van der Waals surface area contributed by atoms with Crippen molar-refractivity contribution in [2.24, 2.45) is 0 Å². The first-order valence-electron chi connectivity index (χ1n) is 8.47. The van der Waals surface area contributed by atoms with Crippen LogP contribution in [0.4, 0.5) is 14.9 Å². The Morgan fingerprint density at radius 2 is 1.96 bits per heavy atom. The number of aliphatic hydroxyl groups excluding tert-OH is 1. The number of aromatic nitrogens is 2. The molecule has 0 saturated heterocycles. The maximum Gasteiger partial charge on any atom is 0.319 e. The number of aliphatic hydroxyl groups is 1. The predicted octanol–water partition coefficient (Wildman–Crippen LogP) is 4.30. The number of amides is 2. The zero-order valence-corrected chi connectivity index (χ0v) is 16.9. The quantitative estimate of drug-likeness (QED) is 0.556. The van der Waals surface area contributed by atoms with Crippen molar-refractivity contribution in [1.82, 2.24) is 15.5 Å². The van der Waals surface area contributed by atoms with Crippen LogP contribution in [0.5, 0.6) is 0 Å². The topological polar surface area (TPSA) is 87.1 Å². The SMILES string of the molecule is Cc1nnc(Sc2ccc(NC(=O)NC[C@H](O)c3ccc(F)cc3)c(C)c2)s1. The van der Waals surface area contributed by atoms with Gasteiger partial charge in [-0.2, -0.15) is 0 Å². The molecule has 0 unspecified atom stereocenters. The molecule has 0 aliphatic carbocycles. The summed E-state index contributed by atoms with van der Waals surface area (Å²) in [5, 5.41) is 24.5. The summed E-state index contributed by atoms with van der Waals surface area (Å²) in [4.78, 5) is 13.1. The van der Waals surface area contributed by atoms with Gasteiger partial charge in [-0.05, 0) is 55.3 Å². The Kier molecular flexibility index (Phi) is 6.61. The number of nitrogens with one attached hydrogen (secondary N) is 2. The Hall–Kier alpha value is -2.49.